The Labute approximate surface area is 102 Å². The number of hydrogen-bond donors (Lipinski definition) is 2. The monoisotopic (exact) mass is 236 g/mol. The van der Waals surface area contributed by atoms with Gasteiger partial charge in [0.1, 0.15) is 0 Å². The van der Waals surface area contributed by atoms with Crippen LogP contribution in [0.15, 0.2) is 47.4 Å². The van der Waals surface area contributed by atoms with Gasteiger partial charge in [-0.3, -0.25) is 11.3 Å². The number of benzene rings is 1. The minimum absolute atomic E-state index is 0.349. The maximum Gasteiger partial charge on any atom is 0.0307 e. The van der Waals surface area contributed by atoms with Crippen molar-refractivity contribution in [1.82, 2.24) is 5.43 Å². The Kier molecular flexibility index (Phi) is 6.23. The Bertz CT molecular complexity index is 311. The van der Waals surface area contributed by atoms with Crippen molar-refractivity contribution < 1.29 is 0 Å². The molecule has 1 rings (SSSR count). The van der Waals surface area contributed by atoms with E-state index in [-0.39, 0.29) is 0 Å². The lowest BCUT2D eigenvalue weighted by Gasteiger charge is -2.15. The molecule has 0 saturated carbocycles. The molecule has 0 bridgehead atoms. The quantitative estimate of drug-likeness (QED) is 0.331. The zero-order chi connectivity index (χ0) is 11.8. The third kappa shape index (κ3) is 5.35. The van der Waals surface area contributed by atoms with Crippen molar-refractivity contribution in [3.63, 3.8) is 0 Å². The second-order valence-corrected chi connectivity index (χ2v) is 5.08. The smallest absolute Gasteiger partial charge is 0.0307 e. The molecule has 0 aliphatic rings. The van der Waals surface area contributed by atoms with Crippen LogP contribution in [-0.4, -0.2) is 11.8 Å². The van der Waals surface area contributed by atoms with E-state index in [0.29, 0.717) is 6.04 Å². The molecular formula is C13H20N2S. The number of hydrazine groups is 1. The van der Waals surface area contributed by atoms with Gasteiger partial charge >= 0.3 is 0 Å². The first kappa shape index (κ1) is 13.3. The molecule has 0 amide bonds. The number of nitrogens with one attached hydrogen (secondary N) is 1. The third-order valence-corrected chi connectivity index (χ3v) is 3.52. The van der Waals surface area contributed by atoms with Gasteiger partial charge in [0, 0.05) is 16.7 Å². The van der Waals surface area contributed by atoms with Crippen LogP contribution in [0.25, 0.3) is 0 Å². The SMILES string of the molecule is C=C(C)CCC(CSc1ccccc1)NN. The Morgan fingerprint density at radius 3 is 2.69 bits per heavy atom. The van der Waals surface area contributed by atoms with Crippen molar-refractivity contribution in [2.45, 2.75) is 30.7 Å². The molecule has 0 aromatic heterocycles. The van der Waals surface area contributed by atoms with Crippen LogP contribution in [0.4, 0.5) is 0 Å². The Balaban J connectivity index is 2.31. The van der Waals surface area contributed by atoms with E-state index in [2.05, 4.69) is 43.2 Å². The predicted octanol–water partition coefficient (Wildman–Crippen LogP) is 2.97. The molecule has 3 heteroatoms. The van der Waals surface area contributed by atoms with Gasteiger partial charge in [0.2, 0.25) is 0 Å². The van der Waals surface area contributed by atoms with E-state index in [4.69, 9.17) is 5.84 Å². The molecule has 88 valence electrons. The van der Waals surface area contributed by atoms with E-state index in [0.717, 1.165) is 18.6 Å². The number of hydrogen-bond acceptors (Lipinski definition) is 3. The first-order valence-electron chi connectivity index (χ1n) is 5.50. The average Bonchev–Trinajstić information content (AvgIpc) is 2.30. The van der Waals surface area contributed by atoms with Gasteiger partial charge in [-0.15, -0.1) is 18.3 Å². The van der Waals surface area contributed by atoms with Crippen molar-refractivity contribution in [3.8, 4) is 0 Å². The first-order valence-corrected chi connectivity index (χ1v) is 6.49. The summed E-state index contributed by atoms with van der Waals surface area (Å²) >= 11 is 1.83. The molecule has 1 aromatic carbocycles. The highest BCUT2D eigenvalue weighted by molar-refractivity contribution is 7.99. The minimum atomic E-state index is 0.349. The molecule has 2 nitrogen and oxygen atoms in total. The molecule has 1 unspecified atom stereocenters. The zero-order valence-corrected chi connectivity index (χ0v) is 10.6. The van der Waals surface area contributed by atoms with E-state index in [1.807, 2.05) is 17.8 Å². The zero-order valence-electron chi connectivity index (χ0n) is 9.78. The van der Waals surface area contributed by atoms with Crippen LogP contribution in [0.5, 0.6) is 0 Å². The van der Waals surface area contributed by atoms with Crippen molar-refractivity contribution >= 4 is 11.8 Å². The molecule has 3 N–H and O–H groups in total. The third-order valence-electron chi connectivity index (χ3n) is 2.35. The van der Waals surface area contributed by atoms with Gasteiger partial charge in [-0.1, -0.05) is 23.8 Å². The molecular weight excluding hydrogens is 216 g/mol. The molecule has 0 aliphatic heterocycles. The average molecular weight is 236 g/mol. The van der Waals surface area contributed by atoms with Crippen molar-refractivity contribution in [1.29, 1.82) is 0 Å². The highest BCUT2D eigenvalue weighted by Crippen LogP contribution is 2.19. The summed E-state index contributed by atoms with van der Waals surface area (Å²) < 4.78 is 0. The molecule has 0 saturated heterocycles. The Morgan fingerprint density at radius 2 is 2.12 bits per heavy atom. The summed E-state index contributed by atoms with van der Waals surface area (Å²) in [5, 5.41) is 0. The minimum Gasteiger partial charge on any atom is -0.271 e. The van der Waals surface area contributed by atoms with Crippen molar-refractivity contribution in [3.05, 3.63) is 42.5 Å². The second-order valence-electron chi connectivity index (χ2n) is 3.98. The highest BCUT2D eigenvalue weighted by atomic mass is 32.2. The lowest BCUT2D eigenvalue weighted by atomic mass is 10.1. The van der Waals surface area contributed by atoms with Crippen LogP contribution in [0.1, 0.15) is 19.8 Å². The standard InChI is InChI=1S/C13H20N2S/c1-11(2)8-9-12(15-14)10-16-13-6-4-3-5-7-13/h3-7,12,15H,1,8-10,14H2,2H3. The van der Waals surface area contributed by atoms with Crippen LogP contribution in [-0.2, 0) is 0 Å². The highest BCUT2D eigenvalue weighted by Gasteiger charge is 2.06. The van der Waals surface area contributed by atoms with Gasteiger partial charge in [0.15, 0.2) is 0 Å². The Morgan fingerprint density at radius 1 is 1.44 bits per heavy atom. The van der Waals surface area contributed by atoms with E-state index >= 15 is 0 Å². The molecule has 0 fully saturated rings. The first-order chi connectivity index (χ1) is 7.72. The van der Waals surface area contributed by atoms with Gasteiger partial charge < -0.3 is 0 Å². The van der Waals surface area contributed by atoms with Crippen molar-refractivity contribution in [2.24, 2.45) is 5.84 Å². The number of nitrogens with two attached hydrogens (primary N) is 1. The van der Waals surface area contributed by atoms with E-state index < -0.39 is 0 Å². The summed E-state index contributed by atoms with van der Waals surface area (Å²) in [6.45, 7) is 5.96. The summed E-state index contributed by atoms with van der Waals surface area (Å²) in [5.41, 5.74) is 4.08. The molecule has 0 aliphatic carbocycles. The summed E-state index contributed by atoms with van der Waals surface area (Å²) in [5.74, 6) is 6.52. The molecule has 0 heterocycles. The van der Waals surface area contributed by atoms with E-state index in [1.54, 1.807) is 0 Å². The van der Waals surface area contributed by atoms with Gasteiger partial charge in [-0.2, -0.15) is 0 Å². The lowest BCUT2D eigenvalue weighted by molar-refractivity contribution is 0.538. The van der Waals surface area contributed by atoms with Gasteiger partial charge in [-0.25, -0.2) is 0 Å². The summed E-state index contributed by atoms with van der Waals surface area (Å²) in [7, 11) is 0. The number of allylic oxidation sites excluding steroid dienone is 1. The second kappa shape index (κ2) is 7.49. The molecule has 1 atom stereocenters. The fourth-order valence-corrected chi connectivity index (χ4v) is 2.36. The van der Waals surface area contributed by atoms with Crippen molar-refractivity contribution in [2.75, 3.05) is 5.75 Å². The predicted molar refractivity (Wildman–Crippen MR) is 72.3 cm³/mol. The van der Waals surface area contributed by atoms with E-state index in [9.17, 15) is 0 Å². The van der Waals surface area contributed by atoms with Crippen LogP contribution < -0.4 is 11.3 Å². The normalized spacial score (nSPS) is 12.4. The maximum atomic E-state index is 5.53. The molecule has 16 heavy (non-hydrogen) atoms. The summed E-state index contributed by atoms with van der Waals surface area (Å²) in [6, 6.07) is 10.7. The molecule has 0 radical (unpaired) electrons. The summed E-state index contributed by atoms with van der Waals surface area (Å²) in [4.78, 5) is 1.29. The molecule has 0 spiro atoms. The largest absolute Gasteiger partial charge is 0.271 e. The number of rotatable bonds is 7. The maximum absolute atomic E-state index is 5.53. The molecule has 1 aromatic rings. The van der Waals surface area contributed by atoms with Crippen LogP contribution in [0.3, 0.4) is 0 Å². The Hall–Kier alpha value is -0.770. The van der Waals surface area contributed by atoms with Gasteiger partial charge in [-0.05, 0) is 31.9 Å². The summed E-state index contributed by atoms with van der Waals surface area (Å²) in [6.07, 6.45) is 2.08. The fraction of sp³-hybridized carbons (Fsp3) is 0.385. The van der Waals surface area contributed by atoms with E-state index in [1.165, 1.54) is 10.5 Å². The topological polar surface area (TPSA) is 38.0 Å². The van der Waals surface area contributed by atoms with Gasteiger partial charge in [0.25, 0.3) is 0 Å². The van der Waals surface area contributed by atoms with Crippen LogP contribution >= 0.6 is 11.8 Å². The number of thioether (sulfide) groups is 1. The fourth-order valence-electron chi connectivity index (χ4n) is 1.35. The van der Waals surface area contributed by atoms with Crippen LogP contribution in [0.2, 0.25) is 0 Å². The van der Waals surface area contributed by atoms with Crippen LogP contribution in [0, 0.1) is 0 Å². The van der Waals surface area contributed by atoms with Gasteiger partial charge in [0.05, 0.1) is 0 Å². The lowest BCUT2D eigenvalue weighted by Crippen LogP contribution is -2.36.